The number of fused-ring (bicyclic) bond motifs is 1. The van der Waals surface area contributed by atoms with Crippen LogP contribution >= 0.6 is 0 Å². The zero-order valence-corrected chi connectivity index (χ0v) is 19.0. The summed E-state index contributed by atoms with van der Waals surface area (Å²) in [6, 6.07) is 12.5. The van der Waals surface area contributed by atoms with Crippen LogP contribution < -0.4 is 0 Å². The zero-order valence-electron chi connectivity index (χ0n) is 19.0. The molecule has 0 spiro atoms. The summed E-state index contributed by atoms with van der Waals surface area (Å²) >= 11 is 0. The number of hydrogen-bond donors (Lipinski definition) is 0. The van der Waals surface area contributed by atoms with E-state index in [1.165, 1.54) is 40.7 Å². The van der Waals surface area contributed by atoms with Crippen LogP contribution in [-0.4, -0.2) is 12.6 Å². The van der Waals surface area contributed by atoms with Crippen molar-refractivity contribution in [1.82, 2.24) is 0 Å². The molecule has 0 aromatic heterocycles. The highest BCUT2D eigenvalue weighted by atomic mass is 16.5. The molecule has 3 rings (SSSR count). The van der Waals surface area contributed by atoms with E-state index in [4.69, 9.17) is 4.74 Å². The fourth-order valence-electron chi connectivity index (χ4n) is 4.40. The molecule has 2 heteroatoms. The van der Waals surface area contributed by atoms with Gasteiger partial charge >= 0.3 is 5.97 Å². The van der Waals surface area contributed by atoms with E-state index in [0.29, 0.717) is 12.2 Å². The molecule has 29 heavy (non-hydrogen) atoms. The Bertz CT molecular complexity index is 943. The maximum absolute atomic E-state index is 11.9. The summed E-state index contributed by atoms with van der Waals surface area (Å²) in [6.45, 7) is 16.1. The molecule has 0 unspecified atom stereocenters. The Kier molecular flexibility index (Phi) is 5.76. The summed E-state index contributed by atoms with van der Waals surface area (Å²) < 4.78 is 5.07. The van der Waals surface area contributed by atoms with Crippen molar-refractivity contribution in [3.8, 4) is 0 Å². The van der Waals surface area contributed by atoms with Gasteiger partial charge in [0.1, 0.15) is 0 Å². The van der Waals surface area contributed by atoms with Gasteiger partial charge in [-0.25, -0.2) is 4.79 Å². The molecule has 0 amide bonds. The van der Waals surface area contributed by atoms with Crippen molar-refractivity contribution >= 4 is 17.6 Å². The number of esters is 1. The lowest BCUT2D eigenvalue weighted by molar-refractivity contribution is 0.0526. The molecule has 0 bridgehead atoms. The highest BCUT2D eigenvalue weighted by molar-refractivity contribution is 5.90. The zero-order chi connectivity index (χ0) is 21.4. The Hall–Kier alpha value is -2.35. The fourth-order valence-corrected chi connectivity index (χ4v) is 4.40. The van der Waals surface area contributed by atoms with E-state index in [9.17, 15) is 4.79 Å². The van der Waals surface area contributed by atoms with Gasteiger partial charge in [-0.1, -0.05) is 58.0 Å². The van der Waals surface area contributed by atoms with Crippen LogP contribution in [0.3, 0.4) is 0 Å². The van der Waals surface area contributed by atoms with Gasteiger partial charge in [0.25, 0.3) is 0 Å². The van der Waals surface area contributed by atoms with Gasteiger partial charge in [-0.15, -0.1) is 0 Å². The maximum atomic E-state index is 11.9. The van der Waals surface area contributed by atoms with Crippen molar-refractivity contribution in [3.05, 3.63) is 69.8 Å². The Morgan fingerprint density at radius 3 is 2.10 bits per heavy atom. The predicted octanol–water partition coefficient (Wildman–Crippen LogP) is 7.08. The van der Waals surface area contributed by atoms with E-state index < -0.39 is 0 Å². The Morgan fingerprint density at radius 2 is 1.55 bits per heavy atom. The largest absolute Gasteiger partial charge is 0.462 e. The van der Waals surface area contributed by atoms with Gasteiger partial charge < -0.3 is 4.74 Å². The van der Waals surface area contributed by atoms with Crippen molar-refractivity contribution in [2.24, 2.45) is 0 Å². The van der Waals surface area contributed by atoms with Crippen LogP contribution in [0.25, 0.3) is 11.6 Å². The van der Waals surface area contributed by atoms with Gasteiger partial charge in [-0.3, -0.25) is 0 Å². The van der Waals surface area contributed by atoms with Crippen molar-refractivity contribution in [2.75, 3.05) is 6.61 Å². The second kappa shape index (κ2) is 7.82. The first kappa shape index (κ1) is 21.4. The van der Waals surface area contributed by atoms with E-state index in [1.807, 2.05) is 31.2 Å². The number of allylic oxidation sites excluding steroid dienone is 1. The molecule has 0 saturated carbocycles. The summed E-state index contributed by atoms with van der Waals surface area (Å²) in [5.74, 6) is -0.268. The lowest BCUT2D eigenvalue weighted by Gasteiger charge is -2.42. The molecular formula is C27H34O2. The smallest absolute Gasteiger partial charge is 0.338 e. The van der Waals surface area contributed by atoms with E-state index in [0.717, 1.165) is 5.56 Å². The first-order valence-electron chi connectivity index (χ1n) is 10.7. The Balaban J connectivity index is 1.97. The Labute approximate surface area is 176 Å². The van der Waals surface area contributed by atoms with Crippen LogP contribution in [0.2, 0.25) is 0 Å². The second-order valence-corrected chi connectivity index (χ2v) is 9.65. The van der Waals surface area contributed by atoms with Crippen molar-refractivity contribution in [1.29, 1.82) is 0 Å². The van der Waals surface area contributed by atoms with Gasteiger partial charge in [-0.2, -0.15) is 0 Å². The minimum absolute atomic E-state index is 0.203. The maximum Gasteiger partial charge on any atom is 0.338 e. The van der Waals surface area contributed by atoms with Crippen LogP contribution in [0.4, 0.5) is 0 Å². The molecule has 0 saturated heterocycles. The van der Waals surface area contributed by atoms with Crippen LogP contribution in [-0.2, 0) is 15.6 Å². The van der Waals surface area contributed by atoms with E-state index in [1.54, 1.807) is 0 Å². The number of hydrogen-bond acceptors (Lipinski definition) is 2. The lowest BCUT2D eigenvalue weighted by Crippen LogP contribution is -2.34. The monoisotopic (exact) mass is 390 g/mol. The third-order valence-corrected chi connectivity index (χ3v) is 6.43. The van der Waals surface area contributed by atoms with E-state index in [-0.39, 0.29) is 16.8 Å². The van der Waals surface area contributed by atoms with Crippen molar-refractivity contribution in [2.45, 2.75) is 72.1 Å². The van der Waals surface area contributed by atoms with Crippen molar-refractivity contribution in [3.63, 3.8) is 0 Å². The van der Waals surface area contributed by atoms with Crippen molar-refractivity contribution < 1.29 is 9.53 Å². The highest BCUT2D eigenvalue weighted by Crippen LogP contribution is 2.47. The van der Waals surface area contributed by atoms with E-state index in [2.05, 4.69) is 59.8 Å². The van der Waals surface area contributed by atoms with Crippen LogP contribution in [0, 0.1) is 6.92 Å². The fraction of sp³-hybridized carbons (Fsp3) is 0.444. The lowest BCUT2D eigenvalue weighted by atomic mass is 9.62. The molecule has 0 N–H and O–H groups in total. The van der Waals surface area contributed by atoms with Gasteiger partial charge in [0.2, 0.25) is 0 Å². The normalized spacial score (nSPS) is 17.6. The molecule has 154 valence electrons. The molecule has 0 radical (unpaired) electrons. The molecule has 1 aliphatic rings. The SMILES string of the molecule is CCOC(=O)c1ccc(C=C(C)c2cc3c(cc2C)C(C)(C)CCC3(C)C)cc1. The third-order valence-electron chi connectivity index (χ3n) is 6.43. The summed E-state index contributed by atoms with van der Waals surface area (Å²) in [5, 5.41) is 0. The number of aryl methyl sites for hydroxylation is 1. The molecule has 2 aromatic rings. The summed E-state index contributed by atoms with van der Waals surface area (Å²) in [4.78, 5) is 11.9. The number of rotatable bonds is 4. The average Bonchev–Trinajstić information content (AvgIpc) is 2.66. The minimum atomic E-state index is -0.268. The first-order chi connectivity index (χ1) is 13.5. The molecule has 0 aliphatic heterocycles. The standard InChI is InChI=1S/C27H34O2/c1-8-29-25(28)21-11-9-20(10-12-21)15-18(2)22-17-24-23(16-19(22)3)26(4,5)13-14-27(24,6)7/h9-12,15-17H,8,13-14H2,1-7H3. The van der Waals surface area contributed by atoms with Gasteiger partial charge in [0, 0.05) is 0 Å². The highest BCUT2D eigenvalue weighted by Gasteiger charge is 2.37. The van der Waals surface area contributed by atoms with Gasteiger partial charge in [-0.05, 0) is 90.0 Å². The molecule has 1 aliphatic carbocycles. The number of carbonyl (C=O) groups is 1. The molecule has 2 aromatic carbocycles. The number of ether oxygens (including phenoxy) is 1. The predicted molar refractivity (Wildman–Crippen MR) is 122 cm³/mol. The molecule has 2 nitrogen and oxygen atoms in total. The third kappa shape index (κ3) is 4.32. The van der Waals surface area contributed by atoms with Crippen LogP contribution in [0.5, 0.6) is 0 Å². The summed E-state index contributed by atoms with van der Waals surface area (Å²) in [5.41, 5.74) is 8.98. The van der Waals surface area contributed by atoms with Crippen LogP contribution in [0.15, 0.2) is 36.4 Å². The Morgan fingerprint density at radius 1 is 1.00 bits per heavy atom. The molecule has 0 atom stereocenters. The van der Waals surface area contributed by atoms with Gasteiger partial charge in [0.05, 0.1) is 12.2 Å². The summed E-state index contributed by atoms with van der Waals surface area (Å²) in [6.07, 6.45) is 4.64. The number of carbonyl (C=O) groups excluding carboxylic acids is 1. The quantitative estimate of drug-likeness (QED) is 0.412. The van der Waals surface area contributed by atoms with Gasteiger partial charge in [0.15, 0.2) is 0 Å². The molecule has 0 heterocycles. The van der Waals surface area contributed by atoms with Crippen LogP contribution in [0.1, 0.15) is 92.6 Å². The first-order valence-corrected chi connectivity index (χ1v) is 10.7. The number of benzene rings is 2. The molecular weight excluding hydrogens is 356 g/mol. The van der Waals surface area contributed by atoms with E-state index >= 15 is 0 Å². The topological polar surface area (TPSA) is 26.3 Å². The average molecular weight is 391 g/mol. The summed E-state index contributed by atoms with van der Waals surface area (Å²) in [7, 11) is 0. The minimum Gasteiger partial charge on any atom is -0.462 e. The second-order valence-electron chi connectivity index (χ2n) is 9.65. The molecule has 0 fully saturated rings.